The normalized spacial score (nSPS) is 20.6. The maximum absolute atomic E-state index is 13.0. The molecule has 0 spiro atoms. The largest absolute Gasteiger partial charge is 0.418 e. The SMILES string of the molecule is O=C(CN1CCN(CC2CCCCC2)CC1)Nc1ccccc1C(F)(F)F. The van der Waals surface area contributed by atoms with Gasteiger partial charge >= 0.3 is 6.18 Å². The highest BCUT2D eigenvalue weighted by Gasteiger charge is 2.33. The van der Waals surface area contributed by atoms with E-state index in [-0.39, 0.29) is 12.2 Å². The Morgan fingerprint density at radius 1 is 1.00 bits per heavy atom. The van der Waals surface area contributed by atoms with Crippen LogP contribution in [0.5, 0.6) is 0 Å². The van der Waals surface area contributed by atoms with Crippen molar-refractivity contribution in [2.24, 2.45) is 5.92 Å². The Morgan fingerprint density at radius 3 is 2.30 bits per heavy atom. The lowest BCUT2D eigenvalue weighted by Gasteiger charge is -2.37. The number of anilines is 1. The molecule has 27 heavy (non-hydrogen) atoms. The molecule has 1 N–H and O–H groups in total. The van der Waals surface area contributed by atoms with Crippen LogP contribution < -0.4 is 5.32 Å². The maximum atomic E-state index is 13.0. The van der Waals surface area contributed by atoms with Gasteiger partial charge in [0.2, 0.25) is 5.91 Å². The van der Waals surface area contributed by atoms with E-state index in [9.17, 15) is 18.0 Å². The van der Waals surface area contributed by atoms with Crippen LogP contribution in [0.25, 0.3) is 0 Å². The number of hydrogen-bond donors (Lipinski definition) is 1. The van der Waals surface area contributed by atoms with Crippen LogP contribution in [0, 0.1) is 5.92 Å². The Labute approximate surface area is 158 Å². The Bertz CT molecular complexity index is 621. The van der Waals surface area contributed by atoms with Crippen LogP contribution in [0.4, 0.5) is 18.9 Å². The van der Waals surface area contributed by atoms with Gasteiger partial charge in [-0.25, -0.2) is 0 Å². The van der Waals surface area contributed by atoms with Crippen molar-refractivity contribution in [1.29, 1.82) is 0 Å². The number of piperazine rings is 1. The summed E-state index contributed by atoms with van der Waals surface area (Å²) in [6.07, 6.45) is 2.20. The zero-order chi connectivity index (χ0) is 19.3. The summed E-state index contributed by atoms with van der Waals surface area (Å²) >= 11 is 0. The molecule has 1 saturated carbocycles. The Kier molecular flexibility index (Phi) is 6.76. The first-order chi connectivity index (χ1) is 12.9. The highest BCUT2D eigenvalue weighted by molar-refractivity contribution is 5.93. The first-order valence-electron chi connectivity index (χ1n) is 9.82. The minimum atomic E-state index is -4.48. The van der Waals surface area contributed by atoms with E-state index in [2.05, 4.69) is 10.2 Å². The highest BCUT2D eigenvalue weighted by atomic mass is 19.4. The molecule has 1 heterocycles. The molecule has 0 atom stereocenters. The van der Waals surface area contributed by atoms with Gasteiger partial charge in [-0.05, 0) is 30.9 Å². The summed E-state index contributed by atoms with van der Waals surface area (Å²) in [6, 6.07) is 5.10. The van der Waals surface area contributed by atoms with Gasteiger partial charge in [0, 0.05) is 32.7 Å². The Hall–Kier alpha value is -1.60. The third-order valence-corrected chi connectivity index (χ3v) is 5.58. The fraction of sp³-hybridized carbons (Fsp3) is 0.650. The highest BCUT2D eigenvalue weighted by Crippen LogP contribution is 2.34. The number of alkyl halides is 3. The van der Waals surface area contributed by atoms with Crippen molar-refractivity contribution >= 4 is 11.6 Å². The second-order valence-corrected chi connectivity index (χ2v) is 7.67. The number of para-hydroxylation sites is 1. The lowest BCUT2D eigenvalue weighted by Crippen LogP contribution is -2.49. The van der Waals surface area contributed by atoms with Gasteiger partial charge in [-0.1, -0.05) is 31.4 Å². The molecule has 3 rings (SSSR count). The zero-order valence-corrected chi connectivity index (χ0v) is 15.6. The second-order valence-electron chi connectivity index (χ2n) is 7.67. The number of halogens is 3. The average Bonchev–Trinajstić information content (AvgIpc) is 2.64. The first kappa shape index (κ1) is 20.1. The molecule has 0 aromatic heterocycles. The summed E-state index contributed by atoms with van der Waals surface area (Å²) in [7, 11) is 0. The summed E-state index contributed by atoms with van der Waals surface area (Å²) < 4.78 is 39.1. The van der Waals surface area contributed by atoms with E-state index >= 15 is 0 Å². The van der Waals surface area contributed by atoms with E-state index in [1.54, 1.807) is 0 Å². The van der Waals surface area contributed by atoms with E-state index in [4.69, 9.17) is 0 Å². The van der Waals surface area contributed by atoms with Gasteiger partial charge in [0.05, 0.1) is 17.8 Å². The van der Waals surface area contributed by atoms with Crippen molar-refractivity contribution in [3.05, 3.63) is 29.8 Å². The van der Waals surface area contributed by atoms with Crippen LogP contribution in [-0.2, 0) is 11.0 Å². The summed E-state index contributed by atoms with van der Waals surface area (Å²) in [5, 5.41) is 2.43. The number of carbonyl (C=O) groups excluding carboxylic acids is 1. The van der Waals surface area contributed by atoms with Crippen molar-refractivity contribution in [3.8, 4) is 0 Å². The molecule has 1 aromatic rings. The number of carbonyl (C=O) groups is 1. The lowest BCUT2D eigenvalue weighted by atomic mass is 9.89. The van der Waals surface area contributed by atoms with Crippen molar-refractivity contribution in [2.75, 3.05) is 44.6 Å². The van der Waals surface area contributed by atoms with E-state index in [0.29, 0.717) is 0 Å². The molecule has 7 heteroatoms. The van der Waals surface area contributed by atoms with E-state index in [1.165, 1.54) is 50.3 Å². The van der Waals surface area contributed by atoms with Crippen molar-refractivity contribution < 1.29 is 18.0 Å². The molecular weight excluding hydrogens is 355 g/mol. The Morgan fingerprint density at radius 2 is 1.63 bits per heavy atom. The number of nitrogens with zero attached hydrogens (tertiary/aromatic N) is 2. The van der Waals surface area contributed by atoms with Gasteiger partial charge in [-0.15, -0.1) is 0 Å². The number of nitrogens with one attached hydrogen (secondary N) is 1. The number of benzene rings is 1. The monoisotopic (exact) mass is 383 g/mol. The van der Waals surface area contributed by atoms with Crippen molar-refractivity contribution in [1.82, 2.24) is 9.80 Å². The summed E-state index contributed by atoms with van der Waals surface area (Å²) in [5.74, 6) is 0.403. The minimum Gasteiger partial charge on any atom is -0.324 e. The number of hydrogen-bond acceptors (Lipinski definition) is 3. The van der Waals surface area contributed by atoms with Gasteiger partial charge < -0.3 is 10.2 Å². The summed E-state index contributed by atoms with van der Waals surface area (Å²) in [5.41, 5.74) is -0.985. The van der Waals surface area contributed by atoms with Gasteiger partial charge in [0.25, 0.3) is 0 Å². The molecule has 2 aliphatic rings. The van der Waals surface area contributed by atoms with Crippen molar-refractivity contribution in [3.63, 3.8) is 0 Å². The van der Waals surface area contributed by atoms with Gasteiger partial charge in [-0.2, -0.15) is 13.2 Å². The third kappa shape index (κ3) is 5.94. The molecule has 1 aliphatic heterocycles. The quantitative estimate of drug-likeness (QED) is 0.839. The van der Waals surface area contributed by atoms with E-state index in [1.807, 2.05) is 4.90 Å². The smallest absolute Gasteiger partial charge is 0.324 e. The van der Waals surface area contributed by atoms with Crippen LogP contribution in [-0.4, -0.2) is 55.0 Å². The van der Waals surface area contributed by atoms with Gasteiger partial charge in [0.15, 0.2) is 0 Å². The second kappa shape index (κ2) is 9.06. The van der Waals surface area contributed by atoms with Crippen LogP contribution in [0.1, 0.15) is 37.7 Å². The van der Waals surface area contributed by atoms with Crippen molar-refractivity contribution in [2.45, 2.75) is 38.3 Å². The molecule has 1 aliphatic carbocycles. The van der Waals surface area contributed by atoms with E-state index in [0.717, 1.165) is 44.7 Å². The minimum absolute atomic E-state index is 0.128. The first-order valence-corrected chi connectivity index (χ1v) is 9.82. The molecule has 150 valence electrons. The van der Waals surface area contributed by atoms with Crippen LogP contribution >= 0.6 is 0 Å². The third-order valence-electron chi connectivity index (χ3n) is 5.58. The fourth-order valence-corrected chi connectivity index (χ4v) is 4.10. The zero-order valence-electron chi connectivity index (χ0n) is 15.6. The predicted octanol–water partition coefficient (Wildman–Crippen LogP) is 3.84. The topological polar surface area (TPSA) is 35.6 Å². The van der Waals surface area contributed by atoms with Crippen LogP contribution in [0.2, 0.25) is 0 Å². The lowest BCUT2D eigenvalue weighted by molar-refractivity contribution is -0.137. The van der Waals surface area contributed by atoms with Gasteiger partial charge in [0.1, 0.15) is 0 Å². The molecule has 1 amide bonds. The predicted molar refractivity (Wildman–Crippen MR) is 99.5 cm³/mol. The standard InChI is InChI=1S/C20H28F3N3O/c21-20(22,23)17-8-4-5-9-18(17)24-19(27)15-26-12-10-25(11-13-26)14-16-6-2-1-3-7-16/h4-5,8-9,16H,1-3,6-7,10-15H2,(H,24,27). The number of rotatable bonds is 5. The van der Waals surface area contributed by atoms with E-state index < -0.39 is 17.6 Å². The molecule has 1 saturated heterocycles. The Balaban J connectivity index is 1.45. The van der Waals surface area contributed by atoms with Crippen LogP contribution in [0.3, 0.4) is 0 Å². The summed E-state index contributed by atoms with van der Waals surface area (Å²) in [6.45, 7) is 4.66. The molecule has 0 bridgehead atoms. The summed E-state index contributed by atoms with van der Waals surface area (Å²) in [4.78, 5) is 16.7. The maximum Gasteiger partial charge on any atom is 0.418 e. The molecule has 1 aromatic carbocycles. The number of amides is 1. The molecule has 4 nitrogen and oxygen atoms in total. The molecule has 0 unspecified atom stereocenters. The van der Waals surface area contributed by atoms with Gasteiger partial charge in [-0.3, -0.25) is 9.69 Å². The fourth-order valence-electron chi connectivity index (χ4n) is 4.10. The average molecular weight is 383 g/mol. The molecular formula is C20H28F3N3O. The molecule has 2 fully saturated rings. The molecule has 0 radical (unpaired) electrons. The van der Waals surface area contributed by atoms with Crippen LogP contribution in [0.15, 0.2) is 24.3 Å².